The van der Waals surface area contributed by atoms with Gasteiger partial charge in [-0.2, -0.15) is 15.8 Å². The van der Waals surface area contributed by atoms with Crippen molar-refractivity contribution >= 4 is 17.3 Å². The van der Waals surface area contributed by atoms with Crippen LogP contribution in [0.3, 0.4) is 0 Å². The lowest BCUT2D eigenvalue weighted by Gasteiger charge is -2.10. The van der Waals surface area contributed by atoms with Crippen molar-refractivity contribution in [1.82, 2.24) is 0 Å². The minimum Gasteiger partial charge on any atom is -0.318 e. The normalized spacial score (nSPS) is 9.52. The number of nitriles is 3. The van der Waals surface area contributed by atoms with Crippen molar-refractivity contribution in [3.8, 4) is 18.2 Å². The van der Waals surface area contributed by atoms with Crippen LogP contribution in [0.5, 0.6) is 0 Å². The Morgan fingerprint density at radius 2 is 1.83 bits per heavy atom. The molecule has 4 N–H and O–H groups in total. The molecule has 0 bridgehead atoms. The fourth-order valence-electron chi connectivity index (χ4n) is 2.39. The minimum absolute atomic E-state index is 0.0633. The molecule has 2 rings (SSSR count). The van der Waals surface area contributed by atoms with Crippen LogP contribution >= 0.6 is 0 Å². The van der Waals surface area contributed by atoms with Crippen LogP contribution < -0.4 is 16.0 Å². The summed E-state index contributed by atoms with van der Waals surface area (Å²) in [6, 6.07) is 11.8. The zero-order valence-corrected chi connectivity index (χ0v) is 12.9. The van der Waals surface area contributed by atoms with Crippen LogP contribution in [-0.2, 0) is 6.42 Å². The largest absolute Gasteiger partial charge is 0.318 e. The van der Waals surface area contributed by atoms with Gasteiger partial charge in [0.05, 0.1) is 18.2 Å². The molecule has 0 aliphatic carbocycles. The monoisotopic (exact) mass is 303 g/mol. The molecule has 0 atom stereocenters. The molecule has 1 aromatic heterocycles. The average Bonchev–Trinajstić information content (AvgIpc) is 2.50. The molecular formula is C17H15N6+. The van der Waals surface area contributed by atoms with Gasteiger partial charge >= 0.3 is 0 Å². The zero-order valence-electron chi connectivity index (χ0n) is 12.9. The Balaban J connectivity index is 2.62. The average molecular weight is 303 g/mol. The topological polar surface area (TPSA) is 124 Å². The SMILES string of the molecule is Cc1ccc(Nc2[nH+]c(N)c(C#N)c(CC#N)c2C#N)c(C)c1. The number of nitrogens with one attached hydrogen (secondary N) is 2. The number of pyridine rings is 1. The Morgan fingerprint density at radius 1 is 1.13 bits per heavy atom. The Hall–Kier alpha value is -3.56. The summed E-state index contributed by atoms with van der Waals surface area (Å²) in [5.74, 6) is 0.505. The van der Waals surface area contributed by atoms with Gasteiger partial charge in [-0.25, -0.2) is 4.98 Å². The number of aryl methyl sites for hydroxylation is 2. The van der Waals surface area contributed by atoms with Crippen molar-refractivity contribution in [1.29, 1.82) is 15.8 Å². The molecule has 0 saturated carbocycles. The molecule has 0 fully saturated rings. The molecule has 1 aromatic carbocycles. The van der Waals surface area contributed by atoms with E-state index in [-0.39, 0.29) is 23.4 Å². The second-order valence-corrected chi connectivity index (χ2v) is 5.14. The molecule has 0 amide bonds. The molecule has 0 spiro atoms. The number of benzene rings is 1. The highest BCUT2D eigenvalue weighted by Crippen LogP contribution is 2.26. The van der Waals surface area contributed by atoms with Crippen LogP contribution in [0, 0.1) is 47.8 Å². The summed E-state index contributed by atoms with van der Waals surface area (Å²) in [6.07, 6.45) is -0.0633. The van der Waals surface area contributed by atoms with E-state index in [0.717, 1.165) is 16.8 Å². The third-order valence-corrected chi connectivity index (χ3v) is 3.50. The van der Waals surface area contributed by atoms with Gasteiger partial charge in [0.15, 0.2) is 0 Å². The van der Waals surface area contributed by atoms with Gasteiger partial charge in [0.25, 0.3) is 0 Å². The molecule has 0 aliphatic rings. The predicted molar refractivity (Wildman–Crippen MR) is 85.4 cm³/mol. The van der Waals surface area contributed by atoms with Gasteiger partial charge in [-0.1, -0.05) is 17.7 Å². The van der Waals surface area contributed by atoms with E-state index in [0.29, 0.717) is 11.4 Å². The maximum Gasteiger partial charge on any atom is 0.242 e. The molecule has 23 heavy (non-hydrogen) atoms. The van der Waals surface area contributed by atoms with Gasteiger partial charge in [0.2, 0.25) is 11.6 Å². The standard InChI is InChI=1S/C17H14N6/c1-10-3-4-15(11(2)7-10)22-17-14(9-20)12(5-6-18)13(8-19)16(21)23-17/h3-4,7H,5H2,1-2H3,(H3,21,22,23)/p+1. The molecule has 6 heteroatoms. The number of rotatable bonds is 3. The molecule has 1 heterocycles. The Kier molecular flexibility index (Phi) is 4.45. The van der Waals surface area contributed by atoms with E-state index >= 15 is 0 Å². The number of nitrogens with two attached hydrogens (primary N) is 1. The van der Waals surface area contributed by atoms with Crippen molar-refractivity contribution in [2.45, 2.75) is 20.3 Å². The molecular weight excluding hydrogens is 288 g/mol. The molecule has 0 unspecified atom stereocenters. The third-order valence-electron chi connectivity index (χ3n) is 3.50. The Labute approximate surface area is 134 Å². The summed E-state index contributed by atoms with van der Waals surface area (Å²) in [5.41, 5.74) is 9.50. The van der Waals surface area contributed by atoms with E-state index in [1.165, 1.54) is 0 Å². The molecule has 6 nitrogen and oxygen atoms in total. The number of hydrogen-bond donors (Lipinski definition) is 2. The van der Waals surface area contributed by atoms with E-state index in [1.54, 1.807) is 0 Å². The first-order valence-corrected chi connectivity index (χ1v) is 6.90. The molecule has 0 radical (unpaired) electrons. The highest BCUT2D eigenvalue weighted by Gasteiger charge is 2.22. The van der Waals surface area contributed by atoms with Crippen LogP contribution in [0.4, 0.5) is 17.3 Å². The fraction of sp³-hybridized carbons (Fsp3) is 0.176. The summed E-state index contributed by atoms with van der Waals surface area (Å²) in [5, 5.41) is 30.8. The lowest BCUT2D eigenvalue weighted by Crippen LogP contribution is -2.21. The molecule has 0 aliphatic heterocycles. The van der Waals surface area contributed by atoms with Gasteiger partial charge in [-0.3, -0.25) is 5.32 Å². The first kappa shape index (κ1) is 15.8. The second kappa shape index (κ2) is 6.47. The van der Waals surface area contributed by atoms with Crippen LogP contribution in [0.15, 0.2) is 18.2 Å². The van der Waals surface area contributed by atoms with Gasteiger partial charge < -0.3 is 5.73 Å². The number of nitrogen functional groups attached to an aromatic ring is 1. The van der Waals surface area contributed by atoms with E-state index in [4.69, 9.17) is 11.0 Å². The predicted octanol–water partition coefficient (Wildman–Crippen LogP) is 2.25. The van der Waals surface area contributed by atoms with Crippen LogP contribution in [-0.4, -0.2) is 0 Å². The van der Waals surface area contributed by atoms with Crippen LogP contribution in [0.2, 0.25) is 0 Å². The fourth-order valence-corrected chi connectivity index (χ4v) is 2.39. The van der Waals surface area contributed by atoms with Gasteiger partial charge in [-0.05, 0) is 25.5 Å². The van der Waals surface area contributed by atoms with Gasteiger partial charge in [0, 0.05) is 5.56 Å². The summed E-state index contributed by atoms with van der Waals surface area (Å²) in [7, 11) is 0. The third kappa shape index (κ3) is 3.05. The molecule has 0 saturated heterocycles. The Bertz CT molecular complexity index is 893. The maximum atomic E-state index is 9.46. The van der Waals surface area contributed by atoms with Crippen LogP contribution in [0.1, 0.15) is 27.8 Å². The number of anilines is 3. The van der Waals surface area contributed by atoms with E-state index in [9.17, 15) is 10.5 Å². The summed E-state index contributed by atoms with van der Waals surface area (Å²) >= 11 is 0. The van der Waals surface area contributed by atoms with Crippen molar-refractivity contribution in [3.05, 3.63) is 46.0 Å². The number of aromatic amines is 1. The number of nitrogens with zero attached hydrogens (tertiary/aromatic N) is 3. The number of H-pyrrole nitrogens is 1. The lowest BCUT2D eigenvalue weighted by atomic mass is 10.0. The molecule has 112 valence electrons. The number of hydrogen-bond acceptors (Lipinski definition) is 5. The summed E-state index contributed by atoms with van der Waals surface area (Å²) in [4.78, 5) is 2.85. The highest BCUT2D eigenvalue weighted by atomic mass is 15.0. The summed E-state index contributed by atoms with van der Waals surface area (Å²) in [6.45, 7) is 3.94. The highest BCUT2D eigenvalue weighted by molar-refractivity contribution is 5.69. The maximum absolute atomic E-state index is 9.46. The van der Waals surface area contributed by atoms with Crippen molar-refractivity contribution in [3.63, 3.8) is 0 Å². The van der Waals surface area contributed by atoms with Crippen LogP contribution in [0.25, 0.3) is 0 Å². The van der Waals surface area contributed by atoms with E-state index in [2.05, 4.69) is 16.4 Å². The minimum atomic E-state index is -0.0633. The van der Waals surface area contributed by atoms with Gasteiger partial charge in [-0.15, -0.1) is 0 Å². The zero-order chi connectivity index (χ0) is 17.0. The molecule has 2 aromatic rings. The first-order chi connectivity index (χ1) is 11.0. The van der Waals surface area contributed by atoms with E-state index < -0.39 is 0 Å². The second-order valence-electron chi connectivity index (χ2n) is 5.14. The van der Waals surface area contributed by atoms with Gasteiger partial charge in [0.1, 0.15) is 23.3 Å². The smallest absolute Gasteiger partial charge is 0.242 e. The first-order valence-electron chi connectivity index (χ1n) is 6.90. The van der Waals surface area contributed by atoms with E-state index in [1.807, 2.05) is 44.2 Å². The lowest BCUT2D eigenvalue weighted by molar-refractivity contribution is -0.343. The van der Waals surface area contributed by atoms with Crippen molar-refractivity contribution in [2.75, 3.05) is 11.1 Å². The Morgan fingerprint density at radius 3 is 2.39 bits per heavy atom. The van der Waals surface area contributed by atoms with Crippen molar-refractivity contribution < 1.29 is 4.98 Å². The number of aromatic nitrogens is 1. The summed E-state index contributed by atoms with van der Waals surface area (Å²) < 4.78 is 0. The quantitative estimate of drug-likeness (QED) is 0.900. The van der Waals surface area contributed by atoms with Crippen molar-refractivity contribution in [2.24, 2.45) is 0 Å².